The maximum absolute atomic E-state index is 11.7. The standard InChI is InChI=1S/C16H21Cl2NO2/c1-3-16(15(20)21)8-5-9-19(10-16)11(2)12-6-4-7-13(17)14(12)18/h4,6-7,11H,3,5,8-10H2,1-2H3,(H,20,21). The van der Waals surface area contributed by atoms with Crippen molar-refractivity contribution in [2.24, 2.45) is 5.41 Å². The van der Waals surface area contributed by atoms with Gasteiger partial charge in [0.2, 0.25) is 0 Å². The van der Waals surface area contributed by atoms with Gasteiger partial charge < -0.3 is 5.11 Å². The fourth-order valence-corrected chi connectivity index (χ4v) is 3.62. The third kappa shape index (κ3) is 3.20. The highest BCUT2D eigenvalue weighted by atomic mass is 35.5. The largest absolute Gasteiger partial charge is 0.481 e. The van der Waals surface area contributed by atoms with E-state index in [0.29, 0.717) is 23.0 Å². The summed E-state index contributed by atoms with van der Waals surface area (Å²) in [6.07, 6.45) is 2.28. The molecule has 0 amide bonds. The number of carbonyl (C=O) groups is 1. The Morgan fingerprint density at radius 3 is 2.81 bits per heavy atom. The highest BCUT2D eigenvalue weighted by Crippen LogP contribution is 2.39. The molecule has 0 spiro atoms. The van der Waals surface area contributed by atoms with Gasteiger partial charge in [0.25, 0.3) is 0 Å². The van der Waals surface area contributed by atoms with Gasteiger partial charge in [0.05, 0.1) is 15.5 Å². The molecular formula is C16H21Cl2NO2. The lowest BCUT2D eigenvalue weighted by Gasteiger charge is -2.42. The van der Waals surface area contributed by atoms with Crippen LogP contribution in [0.2, 0.25) is 10.0 Å². The summed E-state index contributed by atoms with van der Waals surface area (Å²) in [5, 5.41) is 10.7. The smallest absolute Gasteiger partial charge is 0.310 e. The monoisotopic (exact) mass is 329 g/mol. The summed E-state index contributed by atoms with van der Waals surface area (Å²) < 4.78 is 0. The van der Waals surface area contributed by atoms with Gasteiger partial charge in [-0.1, -0.05) is 42.3 Å². The third-order valence-electron chi connectivity index (χ3n) is 4.72. The van der Waals surface area contributed by atoms with E-state index in [9.17, 15) is 9.90 Å². The van der Waals surface area contributed by atoms with Gasteiger partial charge in [-0.15, -0.1) is 0 Å². The Morgan fingerprint density at radius 2 is 2.19 bits per heavy atom. The van der Waals surface area contributed by atoms with Crippen molar-refractivity contribution in [3.8, 4) is 0 Å². The van der Waals surface area contributed by atoms with Crippen LogP contribution in [0, 0.1) is 5.41 Å². The van der Waals surface area contributed by atoms with Crippen LogP contribution in [0.1, 0.15) is 44.7 Å². The Kier molecular flexibility index (Phi) is 5.18. The molecule has 0 bridgehead atoms. The SMILES string of the molecule is CCC1(C(=O)O)CCCN(C(C)c2cccc(Cl)c2Cl)C1. The fraction of sp³-hybridized carbons (Fsp3) is 0.562. The molecule has 2 unspecified atom stereocenters. The summed E-state index contributed by atoms with van der Waals surface area (Å²) in [6, 6.07) is 5.67. The minimum atomic E-state index is -0.695. The number of likely N-dealkylation sites (tertiary alicyclic amines) is 1. The molecule has 116 valence electrons. The first-order chi connectivity index (χ1) is 9.91. The van der Waals surface area contributed by atoms with Crippen LogP contribution in [0.4, 0.5) is 0 Å². The van der Waals surface area contributed by atoms with Gasteiger partial charge >= 0.3 is 5.97 Å². The van der Waals surface area contributed by atoms with Gasteiger partial charge in [0.15, 0.2) is 0 Å². The Hall–Kier alpha value is -0.770. The zero-order valence-electron chi connectivity index (χ0n) is 12.4. The molecule has 21 heavy (non-hydrogen) atoms. The van der Waals surface area contributed by atoms with Crippen LogP contribution in [0.25, 0.3) is 0 Å². The molecule has 0 aliphatic carbocycles. The lowest BCUT2D eigenvalue weighted by molar-refractivity contribution is -0.153. The summed E-state index contributed by atoms with van der Waals surface area (Å²) in [7, 11) is 0. The minimum Gasteiger partial charge on any atom is -0.481 e. The van der Waals surface area contributed by atoms with Gasteiger partial charge in [0, 0.05) is 12.6 Å². The average molecular weight is 330 g/mol. The molecule has 1 N–H and O–H groups in total. The number of hydrogen-bond donors (Lipinski definition) is 1. The molecule has 5 heteroatoms. The number of halogens is 2. The Morgan fingerprint density at radius 1 is 1.48 bits per heavy atom. The second kappa shape index (κ2) is 6.55. The van der Waals surface area contributed by atoms with E-state index in [1.165, 1.54) is 0 Å². The van der Waals surface area contributed by atoms with Crippen molar-refractivity contribution in [2.45, 2.75) is 39.2 Å². The van der Waals surface area contributed by atoms with Gasteiger partial charge in [-0.25, -0.2) is 0 Å². The number of carboxylic acids is 1. The van der Waals surface area contributed by atoms with Crippen LogP contribution in [-0.2, 0) is 4.79 Å². The summed E-state index contributed by atoms with van der Waals surface area (Å²) in [5.74, 6) is -0.695. The maximum atomic E-state index is 11.7. The Labute approximate surface area is 135 Å². The molecule has 0 radical (unpaired) electrons. The molecule has 1 saturated heterocycles. The lowest BCUT2D eigenvalue weighted by Crippen LogP contribution is -2.48. The van der Waals surface area contributed by atoms with Crippen LogP contribution >= 0.6 is 23.2 Å². The van der Waals surface area contributed by atoms with Gasteiger partial charge in [-0.2, -0.15) is 0 Å². The number of carboxylic acid groups (broad SMARTS) is 1. The van der Waals surface area contributed by atoms with Crippen molar-refractivity contribution in [3.05, 3.63) is 33.8 Å². The highest BCUT2D eigenvalue weighted by molar-refractivity contribution is 6.42. The quantitative estimate of drug-likeness (QED) is 0.875. The Bertz CT molecular complexity index is 535. The number of aliphatic carboxylic acids is 1. The first-order valence-corrected chi connectivity index (χ1v) is 8.08. The molecule has 1 aliphatic heterocycles. The van der Waals surface area contributed by atoms with Crippen molar-refractivity contribution in [2.75, 3.05) is 13.1 Å². The van der Waals surface area contributed by atoms with Crippen molar-refractivity contribution < 1.29 is 9.90 Å². The van der Waals surface area contributed by atoms with E-state index in [0.717, 1.165) is 24.9 Å². The van der Waals surface area contributed by atoms with Crippen LogP contribution in [0.3, 0.4) is 0 Å². The molecule has 2 atom stereocenters. The molecule has 1 fully saturated rings. The van der Waals surface area contributed by atoms with E-state index in [2.05, 4.69) is 11.8 Å². The van der Waals surface area contributed by atoms with E-state index in [1.807, 2.05) is 19.1 Å². The molecule has 1 aromatic carbocycles. The van der Waals surface area contributed by atoms with Crippen molar-refractivity contribution in [3.63, 3.8) is 0 Å². The number of piperidine rings is 1. The molecule has 3 nitrogen and oxygen atoms in total. The van der Waals surface area contributed by atoms with Crippen LogP contribution in [-0.4, -0.2) is 29.1 Å². The highest BCUT2D eigenvalue weighted by Gasteiger charge is 2.42. The van der Waals surface area contributed by atoms with Crippen LogP contribution in [0.5, 0.6) is 0 Å². The second-order valence-corrected chi connectivity index (χ2v) is 6.62. The molecular weight excluding hydrogens is 309 g/mol. The number of benzene rings is 1. The van der Waals surface area contributed by atoms with Crippen molar-refractivity contribution >= 4 is 29.2 Å². The molecule has 2 rings (SSSR count). The second-order valence-electron chi connectivity index (χ2n) is 5.83. The summed E-state index contributed by atoms with van der Waals surface area (Å²) in [6.45, 7) is 5.46. The number of nitrogens with zero attached hydrogens (tertiary/aromatic N) is 1. The van der Waals surface area contributed by atoms with E-state index in [4.69, 9.17) is 23.2 Å². The predicted octanol–water partition coefficient (Wildman–Crippen LogP) is 4.63. The maximum Gasteiger partial charge on any atom is 0.310 e. The van der Waals surface area contributed by atoms with E-state index in [-0.39, 0.29) is 6.04 Å². The summed E-state index contributed by atoms with van der Waals surface area (Å²) >= 11 is 12.4. The Balaban J connectivity index is 2.25. The third-order valence-corrected chi connectivity index (χ3v) is 5.55. The van der Waals surface area contributed by atoms with Crippen LogP contribution in [0.15, 0.2) is 18.2 Å². The first-order valence-electron chi connectivity index (χ1n) is 7.32. The number of rotatable bonds is 4. The van der Waals surface area contributed by atoms with E-state index >= 15 is 0 Å². The van der Waals surface area contributed by atoms with E-state index < -0.39 is 11.4 Å². The van der Waals surface area contributed by atoms with Crippen molar-refractivity contribution in [1.82, 2.24) is 4.90 Å². The summed E-state index contributed by atoms with van der Waals surface area (Å²) in [5.41, 5.74) is 0.318. The van der Waals surface area contributed by atoms with Gasteiger partial charge in [-0.3, -0.25) is 9.69 Å². The molecule has 0 aromatic heterocycles. The minimum absolute atomic E-state index is 0.0572. The number of hydrogen-bond acceptors (Lipinski definition) is 2. The van der Waals surface area contributed by atoms with Gasteiger partial charge in [-0.05, 0) is 44.4 Å². The molecule has 1 heterocycles. The lowest BCUT2D eigenvalue weighted by atomic mass is 9.77. The summed E-state index contributed by atoms with van der Waals surface area (Å²) in [4.78, 5) is 13.9. The first kappa shape index (κ1) is 16.6. The average Bonchev–Trinajstić information content (AvgIpc) is 2.49. The fourth-order valence-electron chi connectivity index (χ4n) is 3.15. The zero-order valence-corrected chi connectivity index (χ0v) is 13.9. The normalized spacial score (nSPS) is 24.8. The van der Waals surface area contributed by atoms with Crippen molar-refractivity contribution in [1.29, 1.82) is 0 Å². The van der Waals surface area contributed by atoms with Crippen LogP contribution < -0.4 is 0 Å². The topological polar surface area (TPSA) is 40.5 Å². The predicted molar refractivity (Wildman–Crippen MR) is 86.0 cm³/mol. The zero-order chi connectivity index (χ0) is 15.6. The molecule has 1 aromatic rings. The molecule has 0 saturated carbocycles. The van der Waals surface area contributed by atoms with E-state index in [1.54, 1.807) is 6.07 Å². The molecule has 1 aliphatic rings. The van der Waals surface area contributed by atoms with Gasteiger partial charge in [0.1, 0.15) is 0 Å².